The summed E-state index contributed by atoms with van der Waals surface area (Å²) >= 11 is 0. The standard InChI is InChI=1S/C14H18F3N3O5/c1-25-10-3-4-11(12(7-10)20(23)24)18-13(22)8-19(5-2-6-21)9-14(15,16)17/h3-4,7,21H,2,5-6,8-9H2,1H3,(H,18,22). The molecule has 1 aromatic rings. The van der Waals surface area contributed by atoms with E-state index in [1.54, 1.807) is 0 Å². The van der Waals surface area contributed by atoms with Gasteiger partial charge in [0, 0.05) is 13.2 Å². The topological polar surface area (TPSA) is 105 Å². The number of anilines is 1. The highest BCUT2D eigenvalue weighted by Crippen LogP contribution is 2.29. The van der Waals surface area contributed by atoms with E-state index in [0.29, 0.717) is 0 Å². The van der Waals surface area contributed by atoms with Gasteiger partial charge in [0.1, 0.15) is 11.4 Å². The van der Waals surface area contributed by atoms with Crippen LogP contribution in [0.25, 0.3) is 0 Å². The lowest BCUT2D eigenvalue weighted by atomic mass is 10.2. The quantitative estimate of drug-likeness (QED) is 0.511. The third kappa shape index (κ3) is 7.35. The first-order valence-electron chi connectivity index (χ1n) is 7.18. The first kappa shape index (κ1) is 20.6. The average Bonchev–Trinajstić information content (AvgIpc) is 2.51. The molecule has 1 rings (SSSR count). The highest BCUT2D eigenvalue weighted by atomic mass is 19.4. The number of alkyl halides is 3. The third-order valence-electron chi connectivity index (χ3n) is 3.08. The van der Waals surface area contributed by atoms with Crippen LogP contribution < -0.4 is 10.1 Å². The molecule has 1 aromatic carbocycles. The van der Waals surface area contributed by atoms with Crippen LogP contribution in [-0.2, 0) is 4.79 Å². The van der Waals surface area contributed by atoms with E-state index in [1.807, 2.05) is 0 Å². The number of hydrogen-bond acceptors (Lipinski definition) is 6. The van der Waals surface area contributed by atoms with Gasteiger partial charge in [0.25, 0.3) is 5.69 Å². The average molecular weight is 365 g/mol. The summed E-state index contributed by atoms with van der Waals surface area (Å²) in [6.45, 7) is -2.41. The summed E-state index contributed by atoms with van der Waals surface area (Å²) in [5.41, 5.74) is -0.588. The van der Waals surface area contributed by atoms with E-state index in [4.69, 9.17) is 9.84 Å². The van der Waals surface area contributed by atoms with Crippen molar-refractivity contribution in [3.63, 3.8) is 0 Å². The molecular formula is C14H18F3N3O5. The van der Waals surface area contributed by atoms with Crippen LogP contribution in [0, 0.1) is 10.1 Å². The maximum absolute atomic E-state index is 12.5. The van der Waals surface area contributed by atoms with Gasteiger partial charge in [0.05, 0.1) is 31.2 Å². The zero-order chi connectivity index (χ0) is 19.0. The van der Waals surface area contributed by atoms with Crippen LogP contribution in [0.5, 0.6) is 5.75 Å². The Morgan fingerprint density at radius 3 is 2.64 bits per heavy atom. The number of hydrogen-bond donors (Lipinski definition) is 2. The number of ether oxygens (including phenoxy) is 1. The Morgan fingerprint density at radius 1 is 1.44 bits per heavy atom. The number of benzene rings is 1. The van der Waals surface area contributed by atoms with Crippen LogP contribution in [0.4, 0.5) is 24.5 Å². The second-order valence-electron chi connectivity index (χ2n) is 5.09. The van der Waals surface area contributed by atoms with Crippen molar-refractivity contribution in [2.75, 3.05) is 38.7 Å². The summed E-state index contributed by atoms with van der Waals surface area (Å²) in [5.74, 6) is -0.637. The number of halogens is 3. The number of aliphatic hydroxyl groups is 1. The SMILES string of the molecule is COc1ccc(NC(=O)CN(CCCO)CC(F)(F)F)c([N+](=O)[O-])c1. The minimum Gasteiger partial charge on any atom is -0.496 e. The second kappa shape index (κ2) is 9.18. The first-order valence-corrected chi connectivity index (χ1v) is 7.18. The molecule has 0 bridgehead atoms. The molecule has 0 radical (unpaired) electrons. The number of nitrogens with zero attached hydrogens (tertiary/aromatic N) is 2. The van der Waals surface area contributed by atoms with Gasteiger partial charge in [0.2, 0.25) is 5.91 Å². The summed E-state index contributed by atoms with van der Waals surface area (Å²) in [7, 11) is 1.31. The molecular weight excluding hydrogens is 347 g/mol. The van der Waals surface area contributed by atoms with Gasteiger partial charge in [-0.2, -0.15) is 13.2 Å². The monoisotopic (exact) mass is 365 g/mol. The maximum atomic E-state index is 12.5. The molecule has 0 saturated heterocycles. The van der Waals surface area contributed by atoms with E-state index in [2.05, 4.69) is 5.32 Å². The van der Waals surface area contributed by atoms with E-state index in [-0.39, 0.29) is 31.0 Å². The van der Waals surface area contributed by atoms with E-state index >= 15 is 0 Å². The van der Waals surface area contributed by atoms with Crippen molar-refractivity contribution in [1.29, 1.82) is 0 Å². The van der Waals surface area contributed by atoms with Gasteiger partial charge in [-0.05, 0) is 18.6 Å². The van der Waals surface area contributed by atoms with Crippen LogP contribution in [0.2, 0.25) is 0 Å². The smallest absolute Gasteiger partial charge is 0.401 e. The van der Waals surface area contributed by atoms with Gasteiger partial charge in [0.15, 0.2) is 0 Å². The molecule has 0 aliphatic heterocycles. The Labute approximate surface area is 141 Å². The van der Waals surface area contributed by atoms with E-state index in [9.17, 15) is 28.1 Å². The van der Waals surface area contributed by atoms with Crippen molar-refractivity contribution in [3.05, 3.63) is 28.3 Å². The summed E-state index contributed by atoms with van der Waals surface area (Å²) < 4.78 is 42.4. The van der Waals surface area contributed by atoms with Crippen LogP contribution in [0.3, 0.4) is 0 Å². The van der Waals surface area contributed by atoms with Crippen LogP contribution in [0.1, 0.15) is 6.42 Å². The number of nitro benzene ring substituents is 1. The van der Waals surface area contributed by atoms with Gasteiger partial charge in [-0.3, -0.25) is 19.8 Å². The summed E-state index contributed by atoms with van der Waals surface area (Å²) in [6, 6.07) is 3.70. The number of carbonyl (C=O) groups is 1. The van der Waals surface area contributed by atoms with Crippen molar-refractivity contribution in [2.24, 2.45) is 0 Å². The predicted octanol–water partition coefficient (Wildman–Crippen LogP) is 1.79. The summed E-state index contributed by atoms with van der Waals surface area (Å²) in [5, 5.41) is 22.0. The van der Waals surface area contributed by atoms with Crippen LogP contribution >= 0.6 is 0 Å². The van der Waals surface area contributed by atoms with E-state index < -0.39 is 35.8 Å². The van der Waals surface area contributed by atoms with Crippen LogP contribution in [-0.4, -0.2) is 60.4 Å². The van der Waals surface area contributed by atoms with Crippen molar-refractivity contribution in [3.8, 4) is 5.75 Å². The number of aliphatic hydroxyl groups excluding tert-OH is 1. The van der Waals surface area contributed by atoms with Crippen molar-refractivity contribution >= 4 is 17.3 Å². The number of rotatable bonds is 9. The Kier molecular flexibility index (Phi) is 7.58. The Morgan fingerprint density at radius 2 is 2.12 bits per heavy atom. The molecule has 0 aliphatic rings. The largest absolute Gasteiger partial charge is 0.496 e. The number of nitrogens with one attached hydrogen (secondary N) is 1. The molecule has 11 heteroatoms. The van der Waals surface area contributed by atoms with Gasteiger partial charge < -0.3 is 15.2 Å². The number of carbonyl (C=O) groups excluding carboxylic acids is 1. The number of methoxy groups -OCH3 is 1. The van der Waals surface area contributed by atoms with Gasteiger partial charge in [-0.15, -0.1) is 0 Å². The van der Waals surface area contributed by atoms with Gasteiger partial charge >= 0.3 is 6.18 Å². The zero-order valence-corrected chi connectivity index (χ0v) is 13.4. The molecule has 0 aromatic heterocycles. The summed E-state index contributed by atoms with van der Waals surface area (Å²) in [6.07, 6.45) is -4.45. The lowest BCUT2D eigenvalue weighted by molar-refractivity contribution is -0.384. The molecule has 0 unspecified atom stereocenters. The zero-order valence-electron chi connectivity index (χ0n) is 13.4. The molecule has 8 nitrogen and oxygen atoms in total. The molecule has 2 N–H and O–H groups in total. The summed E-state index contributed by atoms with van der Waals surface area (Å²) in [4.78, 5) is 23.1. The van der Waals surface area contributed by atoms with Gasteiger partial charge in [-0.1, -0.05) is 0 Å². The minimum atomic E-state index is -4.51. The van der Waals surface area contributed by atoms with E-state index in [0.717, 1.165) is 11.0 Å². The maximum Gasteiger partial charge on any atom is 0.401 e. The molecule has 0 fully saturated rings. The second-order valence-corrected chi connectivity index (χ2v) is 5.09. The fourth-order valence-electron chi connectivity index (χ4n) is 2.05. The predicted molar refractivity (Wildman–Crippen MR) is 82.5 cm³/mol. The fourth-order valence-corrected chi connectivity index (χ4v) is 2.05. The first-order chi connectivity index (χ1) is 11.7. The molecule has 0 heterocycles. The lowest BCUT2D eigenvalue weighted by Gasteiger charge is -2.22. The van der Waals surface area contributed by atoms with Crippen molar-refractivity contribution < 1.29 is 32.7 Å². The Hall–Kier alpha value is -2.40. The number of amides is 1. The molecule has 0 saturated carbocycles. The van der Waals surface area contributed by atoms with Crippen LogP contribution in [0.15, 0.2) is 18.2 Å². The number of nitro groups is 1. The molecule has 140 valence electrons. The normalized spacial score (nSPS) is 11.4. The molecule has 0 aliphatic carbocycles. The fraction of sp³-hybridized carbons (Fsp3) is 0.500. The molecule has 0 spiro atoms. The van der Waals surface area contributed by atoms with Crippen molar-refractivity contribution in [2.45, 2.75) is 12.6 Å². The van der Waals surface area contributed by atoms with Gasteiger partial charge in [-0.25, -0.2) is 0 Å². The van der Waals surface area contributed by atoms with E-state index in [1.165, 1.54) is 19.2 Å². The Balaban J connectivity index is 2.84. The minimum absolute atomic E-state index is 0.0616. The highest BCUT2D eigenvalue weighted by molar-refractivity contribution is 5.94. The highest BCUT2D eigenvalue weighted by Gasteiger charge is 2.31. The lowest BCUT2D eigenvalue weighted by Crippen LogP contribution is -2.40. The Bertz CT molecular complexity index is 610. The molecule has 0 atom stereocenters. The molecule has 25 heavy (non-hydrogen) atoms. The third-order valence-corrected chi connectivity index (χ3v) is 3.08. The van der Waals surface area contributed by atoms with Crippen molar-refractivity contribution in [1.82, 2.24) is 4.90 Å². The molecule has 1 amide bonds.